The van der Waals surface area contributed by atoms with Crippen molar-refractivity contribution in [1.82, 2.24) is 0 Å². The third-order valence-electron chi connectivity index (χ3n) is 3.77. The second-order valence-electron chi connectivity index (χ2n) is 4.86. The molecule has 1 saturated heterocycles. The van der Waals surface area contributed by atoms with Gasteiger partial charge in [0.25, 0.3) is 0 Å². The monoisotopic (exact) mass is 268 g/mol. The molecule has 2 unspecified atom stereocenters. The second-order valence-corrected chi connectivity index (χ2v) is 4.86. The van der Waals surface area contributed by atoms with Crippen LogP contribution < -0.4 is 9.47 Å². The molecule has 0 N–H and O–H groups in total. The lowest BCUT2D eigenvalue weighted by atomic mass is 9.88. The molecule has 100 valence electrons. The van der Waals surface area contributed by atoms with E-state index in [0.717, 1.165) is 5.56 Å². The third-order valence-corrected chi connectivity index (χ3v) is 3.77. The fraction of sp³-hybridized carbons (Fsp3) is 0.188. The first kappa shape index (κ1) is 11.5. The Hall–Kier alpha value is -2.33. The van der Waals surface area contributed by atoms with Gasteiger partial charge in [-0.3, -0.25) is 4.79 Å². The van der Waals surface area contributed by atoms with E-state index in [1.807, 2.05) is 30.3 Å². The van der Waals surface area contributed by atoms with Crippen molar-refractivity contribution in [3.05, 3.63) is 59.7 Å². The van der Waals surface area contributed by atoms with Crippen molar-refractivity contribution in [3.8, 4) is 11.5 Å². The van der Waals surface area contributed by atoms with Crippen LogP contribution in [0.4, 0.5) is 0 Å². The molecule has 0 saturated carbocycles. The van der Waals surface area contributed by atoms with Crippen LogP contribution in [-0.2, 0) is 10.3 Å². The fourth-order valence-electron chi connectivity index (χ4n) is 2.66. The number of carbonyl (C=O) groups excluding carboxylic acids is 1. The molecule has 0 spiro atoms. The van der Waals surface area contributed by atoms with Crippen LogP contribution in [0.3, 0.4) is 0 Å². The molecule has 4 nitrogen and oxygen atoms in total. The molecule has 2 aromatic carbocycles. The van der Waals surface area contributed by atoms with Gasteiger partial charge in [-0.15, -0.1) is 0 Å². The summed E-state index contributed by atoms with van der Waals surface area (Å²) < 4.78 is 16.5. The molecule has 2 aliphatic heterocycles. The Bertz CT molecular complexity index is 695. The Morgan fingerprint density at radius 2 is 1.95 bits per heavy atom. The number of Topliss-reactive ketones (excluding diaryl/α,β-unsaturated/α-hetero) is 1. The summed E-state index contributed by atoms with van der Waals surface area (Å²) in [4.78, 5) is 12.8. The molecular weight excluding hydrogens is 256 g/mol. The van der Waals surface area contributed by atoms with Gasteiger partial charge in [-0.25, -0.2) is 0 Å². The van der Waals surface area contributed by atoms with E-state index in [-0.39, 0.29) is 5.78 Å². The van der Waals surface area contributed by atoms with Gasteiger partial charge in [0.2, 0.25) is 17.7 Å². The SMILES string of the molecule is COc1ccc2c(c1)C(=O)C1(c3ccccc3)OC1O2. The van der Waals surface area contributed by atoms with Gasteiger partial charge in [0.1, 0.15) is 11.5 Å². The Labute approximate surface area is 115 Å². The number of ether oxygens (including phenoxy) is 3. The number of hydrogen-bond donors (Lipinski definition) is 0. The topological polar surface area (TPSA) is 48.1 Å². The summed E-state index contributed by atoms with van der Waals surface area (Å²) in [5.41, 5.74) is 0.339. The van der Waals surface area contributed by atoms with Gasteiger partial charge in [-0.05, 0) is 23.8 Å². The van der Waals surface area contributed by atoms with E-state index in [0.29, 0.717) is 17.1 Å². The molecule has 2 heterocycles. The first-order chi connectivity index (χ1) is 9.75. The van der Waals surface area contributed by atoms with E-state index >= 15 is 0 Å². The van der Waals surface area contributed by atoms with Gasteiger partial charge in [-0.2, -0.15) is 0 Å². The minimum Gasteiger partial charge on any atom is -0.497 e. The molecule has 0 amide bonds. The van der Waals surface area contributed by atoms with Crippen LogP contribution >= 0.6 is 0 Å². The maximum Gasteiger partial charge on any atom is 0.242 e. The average Bonchev–Trinajstić information content (AvgIpc) is 3.24. The molecule has 2 aliphatic rings. The smallest absolute Gasteiger partial charge is 0.242 e. The highest BCUT2D eigenvalue weighted by molar-refractivity contribution is 6.08. The van der Waals surface area contributed by atoms with E-state index in [1.165, 1.54) is 0 Å². The Kier molecular flexibility index (Phi) is 2.20. The van der Waals surface area contributed by atoms with Crippen LogP contribution in [0.25, 0.3) is 0 Å². The molecule has 0 bridgehead atoms. The standard InChI is InChI=1S/C16H12O4/c1-18-11-7-8-13-12(9-11)14(17)16(15(19-13)20-16)10-5-3-2-4-6-10/h2-9,15H,1H3. The Morgan fingerprint density at radius 1 is 1.15 bits per heavy atom. The summed E-state index contributed by atoms with van der Waals surface area (Å²) >= 11 is 0. The molecule has 4 heteroatoms. The van der Waals surface area contributed by atoms with Gasteiger partial charge in [0, 0.05) is 0 Å². The van der Waals surface area contributed by atoms with Crippen LogP contribution in [0.2, 0.25) is 0 Å². The molecule has 20 heavy (non-hydrogen) atoms. The zero-order valence-corrected chi connectivity index (χ0v) is 10.8. The highest BCUT2D eigenvalue weighted by Gasteiger charge is 2.68. The van der Waals surface area contributed by atoms with Gasteiger partial charge >= 0.3 is 0 Å². The molecule has 2 aromatic rings. The van der Waals surface area contributed by atoms with E-state index in [2.05, 4.69) is 0 Å². The van der Waals surface area contributed by atoms with E-state index in [9.17, 15) is 4.79 Å². The van der Waals surface area contributed by atoms with Crippen molar-refractivity contribution in [2.45, 2.75) is 11.9 Å². The maximum absolute atomic E-state index is 12.8. The predicted octanol–water partition coefficient (Wildman–Crippen LogP) is 2.52. The zero-order chi connectivity index (χ0) is 13.7. The van der Waals surface area contributed by atoms with Crippen molar-refractivity contribution in [2.24, 2.45) is 0 Å². The Balaban J connectivity index is 1.83. The second kappa shape index (κ2) is 3.84. The predicted molar refractivity (Wildman–Crippen MR) is 70.9 cm³/mol. The number of benzene rings is 2. The van der Waals surface area contributed by atoms with Crippen molar-refractivity contribution < 1.29 is 19.0 Å². The average molecular weight is 268 g/mol. The van der Waals surface area contributed by atoms with Crippen molar-refractivity contribution in [1.29, 1.82) is 0 Å². The van der Waals surface area contributed by atoms with Crippen LogP contribution in [0.1, 0.15) is 15.9 Å². The van der Waals surface area contributed by atoms with Crippen LogP contribution in [0, 0.1) is 0 Å². The van der Waals surface area contributed by atoms with E-state index in [4.69, 9.17) is 14.2 Å². The van der Waals surface area contributed by atoms with Gasteiger partial charge in [0.15, 0.2) is 0 Å². The maximum atomic E-state index is 12.8. The number of methoxy groups -OCH3 is 1. The fourth-order valence-corrected chi connectivity index (χ4v) is 2.66. The zero-order valence-electron chi connectivity index (χ0n) is 10.8. The van der Waals surface area contributed by atoms with Crippen LogP contribution in [0.5, 0.6) is 11.5 Å². The molecule has 0 radical (unpaired) electrons. The van der Waals surface area contributed by atoms with E-state index in [1.54, 1.807) is 25.3 Å². The first-order valence-electron chi connectivity index (χ1n) is 6.38. The molecule has 0 aliphatic carbocycles. The van der Waals surface area contributed by atoms with Crippen LogP contribution in [-0.4, -0.2) is 19.2 Å². The normalized spacial score (nSPS) is 26.2. The van der Waals surface area contributed by atoms with Crippen molar-refractivity contribution >= 4 is 5.78 Å². The van der Waals surface area contributed by atoms with Gasteiger partial charge in [0.05, 0.1) is 12.7 Å². The first-order valence-corrected chi connectivity index (χ1v) is 6.38. The summed E-state index contributed by atoms with van der Waals surface area (Å²) in [5.74, 6) is 1.10. The van der Waals surface area contributed by atoms with Crippen LogP contribution in [0.15, 0.2) is 48.5 Å². The lowest BCUT2D eigenvalue weighted by Gasteiger charge is -2.20. The minimum absolute atomic E-state index is 0.0751. The number of rotatable bonds is 2. The minimum atomic E-state index is -0.985. The van der Waals surface area contributed by atoms with Crippen molar-refractivity contribution in [2.75, 3.05) is 7.11 Å². The largest absolute Gasteiger partial charge is 0.497 e. The molecule has 4 rings (SSSR count). The summed E-state index contributed by atoms with van der Waals surface area (Å²) in [6.07, 6.45) is -0.529. The molecule has 2 atom stereocenters. The van der Waals surface area contributed by atoms with Gasteiger partial charge < -0.3 is 14.2 Å². The number of fused-ring (bicyclic) bond motifs is 2. The summed E-state index contributed by atoms with van der Waals surface area (Å²) in [6.45, 7) is 0. The van der Waals surface area contributed by atoms with Crippen molar-refractivity contribution in [3.63, 3.8) is 0 Å². The number of epoxide rings is 1. The quantitative estimate of drug-likeness (QED) is 0.785. The summed E-state index contributed by atoms with van der Waals surface area (Å²) in [7, 11) is 1.57. The number of hydrogen-bond acceptors (Lipinski definition) is 4. The van der Waals surface area contributed by atoms with E-state index < -0.39 is 11.9 Å². The van der Waals surface area contributed by atoms with Gasteiger partial charge in [-0.1, -0.05) is 30.3 Å². The molecular formula is C16H12O4. The number of ketones is 1. The third kappa shape index (κ3) is 1.37. The lowest BCUT2D eigenvalue weighted by Crippen LogP contribution is -2.31. The highest BCUT2D eigenvalue weighted by atomic mass is 16.8. The Morgan fingerprint density at radius 3 is 2.70 bits per heavy atom. The highest BCUT2D eigenvalue weighted by Crippen LogP contribution is 2.54. The summed E-state index contributed by atoms with van der Waals surface area (Å²) in [5, 5.41) is 0. The molecule has 1 fully saturated rings. The molecule has 0 aromatic heterocycles. The number of carbonyl (C=O) groups is 1. The lowest BCUT2D eigenvalue weighted by molar-refractivity contribution is 0.0862. The summed E-state index contributed by atoms with van der Waals surface area (Å²) in [6, 6.07) is 14.6.